The third kappa shape index (κ3) is 2.95. The van der Waals surface area contributed by atoms with Crippen molar-refractivity contribution >= 4 is 29.1 Å². The van der Waals surface area contributed by atoms with Gasteiger partial charge in [0, 0.05) is 17.8 Å². The second-order valence-corrected chi connectivity index (χ2v) is 6.40. The normalized spacial score (nSPS) is 26.6. The minimum atomic E-state index is -1.56. The van der Waals surface area contributed by atoms with Gasteiger partial charge in [0.15, 0.2) is 0 Å². The van der Waals surface area contributed by atoms with E-state index in [1.807, 2.05) is 6.08 Å². The van der Waals surface area contributed by atoms with E-state index in [0.717, 1.165) is 19.3 Å². The Morgan fingerprint density at radius 2 is 2.12 bits per heavy atom. The lowest BCUT2D eigenvalue weighted by molar-refractivity contribution is -0.303. The van der Waals surface area contributed by atoms with E-state index in [2.05, 4.69) is 10.3 Å². The first kappa shape index (κ1) is 16.7. The third-order valence-electron chi connectivity index (χ3n) is 4.62. The van der Waals surface area contributed by atoms with Gasteiger partial charge in [0.25, 0.3) is 0 Å². The van der Waals surface area contributed by atoms with Crippen LogP contribution < -0.4 is 15.5 Å². The summed E-state index contributed by atoms with van der Waals surface area (Å²) >= 11 is 5.83. The van der Waals surface area contributed by atoms with Crippen LogP contribution in [0.5, 0.6) is 0 Å². The lowest BCUT2D eigenvalue weighted by Crippen LogP contribution is -2.50. The van der Waals surface area contributed by atoms with Crippen LogP contribution in [0.4, 0.5) is 0 Å². The van der Waals surface area contributed by atoms with Crippen LogP contribution >= 0.6 is 11.6 Å². The summed E-state index contributed by atoms with van der Waals surface area (Å²) in [6, 6.07) is 3.47. The van der Waals surface area contributed by atoms with E-state index >= 15 is 0 Å². The minimum Gasteiger partial charge on any atom is -0.545 e. The summed E-state index contributed by atoms with van der Waals surface area (Å²) < 4.78 is 0. The Hall–Kier alpha value is -2.18. The van der Waals surface area contributed by atoms with Gasteiger partial charge in [-0.25, -0.2) is 4.98 Å². The number of carboxylic acid groups (broad SMARTS) is 2. The van der Waals surface area contributed by atoms with E-state index in [-0.39, 0.29) is 11.6 Å². The Kier molecular flexibility index (Phi) is 4.43. The SMILES string of the molecule is O=C([O-])/C=C(/C(=O)[O-])C12CCC(CCC=C1c1ccc(Cl)nc1)N2. The number of aliphatic carboxylic acids is 2. The van der Waals surface area contributed by atoms with Crippen LogP contribution in [0, 0.1) is 0 Å². The van der Waals surface area contributed by atoms with E-state index in [1.165, 1.54) is 0 Å². The number of aromatic nitrogens is 1. The zero-order chi connectivity index (χ0) is 17.3. The van der Waals surface area contributed by atoms with E-state index < -0.39 is 17.5 Å². The van der Waals surface area contributed by atoms with Gasteiger partial charge < -0.3 is 25.1 Å². The van der Waals surface area contributed by atoms with Gasteiger partial charge in [-0.1, -0.05) is 23.7 Å². The maximum absolute atomic E-state index is 11.7. The number of hydrogen-bond acceptors (Lipinski definition) is 6. The molecular weight excluding hydrogens is 332 g/mol. The van der Waals surface area contributed by atoms with Crippen molar-refractivity contribution in [2.24, 2.45) is 0 Å². The molecule has 0 aromatic carbocycles. The molecule has 7 heteroatoms. The highest BCUT2D eigenvalue weighted by Crippen LogP contribution is 2.44. The van der Waals surface area contributed by atoms with Gasteiger partial charge in [-0.2, -0.15) is 0 Å². The van der Waals surface area contributed by atoms with Crippen LogP contribution in [0.15, 0.2) is 36.1 Å². The lowest BCUT2D eigenvalue weighted by Gasteiger charge is -2.36. The molecule has 126 valence electrons. The highest BCUT2D eigenvalue weighted by molar-refractivity contribution is 6.29. The summed E-state index contributed by atoms with van der Waals surface area (Å²) in [5, 5.41) is 26.4. The van der Waals surface area contributed by atoms with Crippen LogP contribution in [0.2, 0.25) is 5.15 Å². The number of carbonyl (C=O) groups is 2. The molecule has 2 atom stereocenters. The molecule has 2 aliphatic rings. The molecule has 1 N–H and O–H groups in total. The molecule has 2 unspecified atom stereocenters. The van der Waals surface area contributed by atoms with Gasteiger partial charge in [0.1, 0.15) is 5.15 Å². The molecule has 2 bridgehead atoms. The molecule has 6 nitrogen and oxygen atoms in total. The van der Waals surface area contributed by atoms with E-state index in [1.54, 1.807) is 18.3 Å². The standard InChI is InChI=1S/C17H17ClN2O4/c18-14-5-4-10(9-19-14)12-3-1-2-11-6-7-17(12,20-11)13(16(23)24)8-15(21)22/h3-5,8-9,11,20H,1-2,6-7H2,(H,21,22)(H,23,24)/p-2/b13-8-. The van der Waals surface area contributed by atoms with Crippen LogP contribution in [0.1, 0.15) is 31.2 Å². The minimum absolute atomic E-state index is 0.114. The van der Waals surface area contributed by atoms with Crippen molar-refractivity contribution in [2.45, 2.75) is 37.3 Å². The number of carboxylic acids is 2. The fraction of sp³-hybridized carbons (Fsp3) is 0.353. The second kappa shape index (κ2) is 6.37. The molecule has 24 heavy (non-hydrogen) atoms. The van der Waals surface area contributed by atoms with E-state index in [0.29, 0.717) is 28.8 Å². The van der Waals surface area contributed by atoms with Gasteiger partial charge in [0.05, 0.1) is 17.5 Å². The summed E-state index contributed by atoms with van der Waals surface area (Å²) in [7, 11) is 0. The number of pyridine rings is 1. The quantitative estimate of drug-likeness (QED) is 0.599. The van der Waals surface area contributed by atoms with Crippen molar-refractivity contribution in [1.29, 1.82) is 0 Å². The van der Waals surface area contributed by atoms with Gasteiger partial charge in [-0.15, -0.1) is 0 Å². The molecule has 1 saturated heterocycles. The van der Waals surface area contributed by atoms with Gasteiger partial charge in [-0.3, -0.25) is 0 Å². The number of nitrogens with zero attached hydrogens (tertiary/aromatic N) is 1. The molecule has 3 rings (SSSR count). The number of hydrogen-bond donors (Lipinski definition) is 1. The lowest BCUT2D eigenvalue weighted by atomic mass is 9.77. The molecule has 0 aliphatic carbocycles. The Bertz CT molecular complexity index is 741. The van der Waals surface area contributed by atoms with Gasteiger partial charge in [0.2, 0.25) is 0 Å². The zero-order valence-corrected chi connectivity index (χ0v) is 13.5. The molecule has 3 heterocycles. The Balaban J connectivity index is 2.17. The second-order valence-electron chi connectivity index (χ2n) is 6.01. The summed E-state index contributed by atoms with van der Waals surface area (Å²) in [4.78, 5) is 26.8. The fourth-order valence-corrected chi connectivity index (χ4v) is 3.76. The Morgan fingerprint density at radius 1 is 1.33 bits per heavy atom. The maximum Gasteiger partial charge on any atom is 0.129 e. The summed E-state index contributed by atoms with van der Waals surface area (Å²) in [6.45, 7) is 0. The molecule has 0 spiro atoms. The average molecular weight is 347 g/mol. The largest absolute Gasteiger partial charge is 0.545 e. The molecular formula is C17H15ClN2O4-2. The number of fused-ring (bicyclic) bond motifs is 2. The fourth-order valence-electron chi connectivity index (χ4n) is 3.65. The number of rotatable bonds is 4. The molecule has 0 saturated carbocycles. The first-order valence-corrected chi connectivity index (χ1v) is 8.05. The summed E-state index contributed by atoms with van der Waals surface area (Å²) in [6.07, 6.45) is 6.91. The molecule has 0 amide bonds. The van der Waals surface area contributed by atoms with Crippen molar-refractivity contribution in [1.82, 2.24) is 10.3 Å². The van der Waals surface area contributed by atoms with Crippen LogP contribution in [0.3, 0.4) is 0 Å². The summed E-state index contributed by atoms with van der Waals surface area (Å²) in [5.74, 6) is -3.09. The molecule has 0 radical (unpaired) electrons. The molecule has 1 aromatic rings. The first-order chi connectivity index (χ1) is 11.4. The van der Waals surface area contributed by atoms with E-state index in [4.69, 9.17) is 11.6 Å². The molecule has 1 fully saturated rings. The predicted octanol–water partition coefficient (Wildman–Crippen LogP) is -0.171. The number of halogens is 1. The highest BCUT2D eigenvalue weighted by Gasteiger charge is 2.46. The molecule has 2 aliphatic heterocycles. The molecule has 1 aromatic heterocycles. The number of nitrogens with one attached hydrogen (secondary N) is 1. The zero-order valence-electron chi connectivity index (χ0n) is 12.8. The first-order valence-electron chi connectivity index (χ1n) is 7.67. The monoisotopic (exact) mass is 346 g/mol. The van der Waals surface area contributed by atoms with Crippen molar-refractivity contribution in [3.05, 3.63) is 46.8 Å². The van der Waals surface area contributed by atoms with Crippen molar-refractivity contribution in [2.75, 3.05) is 0 Å². The number of carbonyl (C=O) groups excluding carboxylic acids is 2. The van der Waals surface area contributed by atoms with Gasteiger partial charge in [-0.05, 0) is 49.0 Å². The van der Waals surface area contributed by atoms with Crippen molar-refractivity contribution in [3.63, 3.8) is 0 Å². The van der Waals surface area contributed by atoms with Crippen molar-refractivity contribution in [3.8, 4) is 0 Å². The third-order valence-corrected chi connectivity index (χ3v) is 4.85. The number of allylic oxidation sites excluding steroid dienone is 1. The smallest absolute Gasteiger partial charge is 0.129 e. The highest BCUT2D eigenvalue weighted by atomic mass is 35.5. The Morgan fingerprint density at radius 3 is 2.75 bits per heavy atom. The maximum atomic E-state index is 11.7. The van der Waals surface area contributed by atoms with E-state index in [9.17, 15) is 19.8 Å². The van der Waals surface area contributed by atoms with Crippen LogP contribution in [-0.4, -0.2) is 28.5 Å². The van der Waals surface area contributed by atoms with Crippen LogP contribution in [0.25, 0.3) is 5.57 Å². The van der Waals surface area contributed by atoms with Crippen LogP contribution in [-0.2, 0) is 9.59 Å². The van der Waals surface area contributed by atoms with Crippen molar-refractivity contribution < 1.29 is 19.8 Å². The Labute approximate surface area is 143 Å². The predicted molar refractivity (Wildman–Crippen MR) is 83.4 cm³/mol. The van der Waals surface area contributed by atoms with Gasteiger partial charge >= 0.3 is 0 Å². The topological polar surface area (TPSA) is 105 Å². The summed E-state index contributed by atoms with van der Waals surface area (Å²) in [5.41, 5.74) is -0.0771. The average Bonchev–Trinajstić information content (AvgIpc) is 2.84.